The summed E-state index contributed by atoms with van der Waals surface area (Å²) in [6.07, 6.45) is 4.20. The molecule has 32 heavy (non-hydrogen) atoms. The van der Waals surface area contributed by atoms with Gasteiger partial charge in [-0.25, -0.2) is 0 Å². The van der Waals surface area contributed by atoms with E-state index in [0.717, 1.165) is 42.4 Å². The molecule has 5 nitrogen and oxygen atoms in total. The van der Waals surface area contributed by atoms with Crippen molar-refractivity contribution in [1.29, 1.82) is 0 Å². The molecule has 1 aliphatic rings. The second-order valence-electron chi connectivity index (χ2n) is 8.47. The van der Waals surface area contributed by atoms with Crippen LogP contribution in [0.5, 0.6) is 5.75 Å². The molecule has 2 aromatic rings. The molecular formula is C25H30Cl2N2O3. The van der Waals surface area contributed by atoms with E-state index in [0.29, 0.717) is 15.8 Å². The fourth-order valence-electron chi connectivity index (χ4n) is 3.84. The summed E-state index contributed by atoms with van der Waals surface area (Å²) in [4.78, 5) is 27.6. The molecule has 172 valence electrons. The van der Waals surface area contributed by atoms with Crippen LogP contribution in [-0.2, 0) is 16.1 Å². The molecular weight excluding hydrogens is 447 g/mol. The number of amides is 2. The van der Waals surface area contributed by atoms with Gasteiger partial charge in [0, 0.05) is 12.6 Å². The van der Waals surface area contributed by atoms with E-state index < -0.39 is 6.04 Å². The van der Waals surface area contributed by atoms with Gasteiger partial charge in [-0.3, -0.25) is 9.59 Å². The number of hydrogen-bond acceptors (Lipinski definition) is 3. The highest BCUT2D eigenvalue weighted by Crippen LogP contribution is 2.24. The van der Waals surface area contributed by atoms with Crippen LogP contribution >= 0.6 is 23.2 Å². The first kappa shape index (κ1) is 24.4. The van der Waals surface area contributed by atoms with E-state index in [9.17, 15) is 9.59 Å². The number of nitrogens with one attached hydrogen (secondary N) is 1. The second kappa shape index (κ2) is 11.1. The number of rotatable bonds is 8. The van der Waals surface area contributed by atoms with E-state index in [1.165, 1.54) is 4.90 Å². The summed E-state index contributed by atoms with van der Waals surface area (Å²) < 4.78 is 5.76. The monoisotopic (exact) mass is 476 g/mol. The van der Waals surface area contributed by atoms with E-state index in [1.54, 1.807) is 25.1 Å². The first-order valence-electron chi connectivity index (χ1n) is 11.0. The van der Waals surface area contributed by atoms with Gasteiger partial charge in [0.05, 0.1) is 10.0 Å². The van der Waals surface area contributed by atoms with E-state index in [2.05, 4.69) is 5.32 Å². The average Bonchev–Trinajstić information content (AvgIpc) is 3.27. The minimum absolute atomic E-state index is 0.156. The molecule has 0 aromatic heterocycles. The third kappa shape index (κ3) is 6.39. The van der Waals surface area contributed by atoms with Gasteiger partial charge >= 0.3 is 0 Å². The van der Waals surface area contributed by atoms with Crippen LogP contribution in [0.15, 0.2) is 36.4 Å². The van der Waals surface area contributed by atoms with Crippen molar-refractivity contribution >= 4 is 35.0 Å². The highest BCUT2D eigenvalue weighted by molar-refractivity contribution is 6.42. The molecule has 7 heteroatoms. The highest BCUT2D eigenvalue weighted by atomic mass is 35.5. The van der Waals surface area contributed by atoms with Crippen molar-refractivity contribution in [2.45, 2.75) is 65.1 Å². The normalized spacial score (nSPS) is 14.8. The molecule has 2 amide bonds. The Morgan fingerprint density at radius 1 is 1.06 bits per heavy atom. The third-order valence-corrected chi connectivity index (χ3v) is 6.79. The topological polar surface area (TPSA) is 58.6 Å². The Balaban J connectivity index is 1.74. The van der Waals surface area contributed by atoms with Gasteiger partial charge in [-0.15, -0.1) is 0 Å². The van der Waals surface area contributed by atoms with Crippen molar-refractivity contribution < 1.29 is 14.3 Å². The standard InChI is InChI=1S/C25H30Cl2N2O3/c1-16-8-10-21(12-17(16)2)32-15-24(30)29(14-19-9-11-22(26)23(27)13-19)18(3)25(31)28-20-6-4-5-7-20/h8-13,18,20H,4-7,14-15H2,1-3H3,(H,28,31)/t18-/m1/s1. The van der Waals surface area contributed by atoms with Crippen molar-refractivity contribution in [2.24, 2.45) is 0 Å². The van der Waals surface area contributed by atoms with E-state index in [-0.39, 0.29) is 31.0 Å². The maximum atomic E-state index is 13.2. The molecule has 0 aliphatic heterocycles. The lowest BCUT2D eigenvalue weighted by Gasteiger charge is -2.29. The van der Waals surface area contributed by atoms with Crippen LogP contribution in [0.3, 0.4) is 0 Å². The Bertz CT molecular complexity index is 974. The molecule has 0 unspecified atom stereocenters. The second-order valence-corrected chi connectivity index (χ2v) is 9.29. The fraction of sp³-hybridized carbons (Fsp3) is 0.440. The maximum Gasteiger partial charge on any atom is 0.261 e. The molecule has 2 aromatic carbocycles. The average molecular weight is 477 g/mol. The zero-order chi connectivity index (χ0) is 23.3. The number of carbonyl (C=O) groups is 2. The van der Waals surface area contributed by atoms with Gasteiger partial charge in [-0.05, 0) is 74.6 Å². The molecule has 0 saturated heterocycles. The number of nitrogens with zero attached hydrogens (tertiary/aromatic N) is 1. The molecule has 0 heterocycles. The number of aryl methyl sites for hydroxylation is 2. The Morgan fingerprint density at radius 2 is 1.78 bits per heavy atom. The van der Waals surface area contributed by atoms with Crippen LogP contribution in [0.1, 0.15) is 49.3 Å². The zero-order valence-corrected chi connectivity index (χ0v) is 20.3. The van der Waals surface area contributed by atoms with Crippen LogP contribution < -0.4 is 10.1 Å². The third-order valence-electron chi connectivity index (χ3n) is 6.05. The van der Waals surface area contributed by atoms with Crippen molar-refractivity contribution in [3.05, 3.63) is 63.1 Å². The summed E-state index contributed by atoms with van der Waals surface area (Å²) in [5.74, 6) is 0.193. The summed E-state index contributed by atoms with van der Waals surface area (Å²) in [6.45, 7) is 5.83. The van der Waals surface area contributed by atoms with Crippen molar-refractivity contribution in [3.63, 3.8) is 0 Å². The SMILES string of the molecule is Cc1ccc(OCC(=O)N(Cc2ccc(Cl)c(Cl)c2)[C@H](C)C(=O)NC2CCCC2)cc1C. The van der Waals surface area contributed by atoms with E-state index >= 15 is 0 Å². The van der Waals surface area contributed by atoms with Gasteiger partial charge in [0.2, 0.25) is 5.91 Å². The predicted molar refractivity (Wildman–Crippen MR) is 128 cm³/mol. The number of halogens is 2. The van der Waals surface area contributed by atoms with Crippen LogP contribution in [0, 0.1) is 13.8 Å². The van der Waals surface area contributed by atoms with E-state index in [4.69, 9.17) is 27.9 Å². The summed E-state index contributed by atoms with van der Waals surface area (Å²) in [7, 11) is 0. The maximum absolute atomic E-state index is 13.2. The Morgan fingerprint density at radius 3 is 2.44 bits per heavy atom. The Kier molecular flexibility index (Phi) is 8.44. The summed E-state index contributed by atoms with van der Waals surface area (Å²) in [5.41, 5.74) is 3.04. The predicted octanol–water partition coefficient (Wildman–Crippen LogP) is 5.47. The largest absolute Gasteiger partial charge is 0.484 e. The lowest BCUT2D eigenvalue weighted by Crippen LogP contribution is -2.50. The molecule has 0 spiro atoms. The van der Waals surface area contributed by atoms with Crippen molar-refractivity contribution in [3.8, 4) is 5.75 Å². The first-order valence-corrected chi connectivity index (χ1v) is 11.7. The van der Waals surface area contributed by atoms with Crippen LogP contribution in [0.2, 0.25) is 10.0 Å². The molecule has 1 N–H and O–H groups in total. The minimum Gasteiger partial charge on any atom is -0.484 e. The summed E-state index contributed by atoms with van der Waals surface area (Å²) >= 11 is 12.2. The lowest BCUT2D eigenvalue weighted by atomic mass is 10.1. The summed E-state index contributed by atoms with van der Waals surface area (Å²) in [5, 5.41) is 3.94. The van der Waals surface area contributed by atoms with Crippen molar-refractivity contribution in [2.75, 3.05) is 6.61 Å². The van der Waals surface area contributed by atoms with Gasteiger partial charge in [-0.1, -0.05) is 48.2 Å². The van der Waals surface area contributed by atoms with Crippen LogP contribution in [-0.4, -0.2) is 35.4 Å². The smallest absolute Gasteiger partial charge is 0.261 e. The minimum atomic E-state index is -0.652. The van der Waals surface area contributed by atoms with E-state index in [1.807, 2.05) is 32.0 Å². The van der Waals surface area contributed by atoms with Gasteiger partial charge < -0.3 is 15.0 Å². The molecule has 0 bridgehead atoms. The molecule has 0 radical (unpaired) electrons. The number of ether oxygens (including phenoxy) is 1. The molecule has 3 rings (SSSR count). The van der Waals surface area contributed by atoms with Gasteiger partial charge in [0.15, 0.2) is 6.61 Å². The fourth-order valence-corrected chi connectivity index (χ4v) is 4.16. The first-order chi connectivity index (χ1) is 15.2. The van der Waals surface area contributed by atoms with Gasteiger partial charge in [0.1, 0.15) is 11.8 Å². The van der Waals surface area contributed by atoms with Crippen LogP contribution in [0.4, 0.5) is 0 Å². The zero-order valence-electron chi connectivity index (χ0n) is 18.8. The number of benzene rings is 2. The molecule has 1 aliphatic carbocycles. The molecule has 1 fully saturated rings. The Labute approximate surface area is 200 Å². The quantitative estimate of drug-likeness (QED) is 0.549. The number of hydrogen-bond donors (Lipinski definition) is 1. The summed E-state index contributed by atoms with van der Waals surface area (Å²) in [6, 6.07) is 10.4. The molecule has 1 atom stereocenters. The Hall–Kier alpha value is -2.24. The van der Waals surface area contributed by atoms with Gasteiger partial charge in [-0.2, -0.15) is 0 Å². The lowest BCUT2D eigenvalue weighted by molar-refractivity contribution is -0.142. The van der Waals surface area contributed by atoms with Crippen molar-refractivity contribution in [1.82, 2.24) is 10.2 Å². The van der Waals surface area contributed by atoms with Crippen LogP contribution in [0.25, 0.3) is 0 Å². The number of carbonyl (C=O) groups excluding carboxylic acids is 2. The van der Waals surface area contributed by atoms with Gasteiger partial charge in [0.25, 0.3) is 5.91 Å². The highest BCUT2D eigenvalue weighted by Gasteiger charge is 2.29. The molecule has 1 saturated carbocycles.